The molecule has 1 amide bonds. The van der Waals surface area contributed by atoms with E-state index in [4.69, 9.17) is 4.74 Å². The molecule has 5 nitrogen and oxygen atoms in total. The molecule has 1 unspecified atom stereocenters. The van der Waals surface area contributed by atoms with Crippen molar-refractivity contribution >= 4 is 11.7 Å². The van der Waals surface area contributed by atoms with E-state index in [1.807, 2.05) is 12.1 Å². The van der Waals surface area contributed by atoms with Gasteiger partial charge in [-0.3, -0.25) is 9.69 Å². The first-order valence-corrected chi connectivity index (χ1v) is 11.7. The van der Waals surface area contributed by atoms with Gasteiger partial charge in [-0.05, 0) is 71.5 Å². The van der Waals surface area contributed by atoms with Crippen LogP contribution in [0.2, 0.25) is 0 Å². The van der Waals surface area contributed by atoms with Gasteiger partial charge in [0.1, 0.15) is 23.2 Å². The van der Waals surface area contributed by atoms with Gasteiger partial charge in [-0.2, -0.15) is 13.2 Å². The highest BCUT2D eigenvalue weighted by molar-refractivity contribution is 6.02. The van der Waals surface area contributed by atoms with Gasteiger partial charge in [0, 0.05) is 6.07 Å². The van der Waals surface area contributed by atoms with Crippen LogP contribution in [0.1, 0.15) is 23.6 Å². The van der Waals surface area contributed by atoms with Crippen molar-refractivity contribution in [2.45, 2.75) is 31.5 Å². The first-order valence-electron chi connectivity index (χ1n) is 11.7. The lowest BCUT2D eigenvalue weighted by atomic mass is 9.71. The Balaban J connectivity index is 1.57. The molecule has 4 aromatic rings. The summed E-state index contributed by atoms with van der Waals surface area (Å²) in [7, 11) is 0. The smallest absolute Gasteiger partial charge is 0.422 e. The number of H-pyrrole nitrogens is 1. The Kier molecular flexibility index (Phi) is 6.42. The summed E-state index contributed by atoms with van der Waals surface area (Å²) in [6.45, 7) is 0.533. The number of carbonyl (C=O) groups excluding carboxylic acids is 1. The van der Waals surface area contributed by atoms with Crippen LogP contribution in [0.15, 0.2) is 73.2 Å². The maximum atomic E-state index is 14.0. The minimum Gasteiger partial charge on any atom is -0.484 e. The maximum absolute atomic E-state index is 14.0. The molecule has 5 rings (SSSR count). The zero-order chi connectivity index (χ0) is 27.1. The Morgan fingerprint density at radius 2 is 1.76 bits per heavy atom. The quantitative estimate of drug-likeness (QED) is 0.298. The molecule has 0 saturated heterocycles. The average Bonchev–Trinajstić information content (AvgIpc) is 3.39. The summed E-state index contributed by atoms with van der Waals surface area (Å²) in [5.41, 5.74) is 1.80. The number of alkyl halides is 3. The Bertz CT molecular complexity index is 1470. The van der Waals surface area contributed by atoms with Crippen molar-refractivity contribution in [3.8, 4) is 16.9 Å². The lowest BCUT2D eigenvalue weighted by molar-refractivity contribution is -0.153. The van der Waals surface area contributed by atoms with Gasteiger partial charge in [0.2, 0.25) is 5.91 Å². The summed E-state index contributed by atoms with van der Waals surface area (Å²) >= 11 is 0. The number of nitrogens with zero attached hydrogens (tertiary/aromatic N) is 2. The van der Waals surface area contributed by atoms with Crippen molar-refractivity contribution in [1.82, 2.24) is 9.97 Å². The molecule has 1 aromatic heterocycles. The SMILES string of the molecule is CC1(Cc2cc(F)cc(F)c2)C(=O)N(c2cnc[nH]2)Cc2ccc(-c3cccc(OCC(F)(F)F)c3)cc21. The molecule has 196 valence electrons. The van der Waals surface area contributed by atoms with Crippen LogP contribution in [0.5, 0.6) is 5.75 Å². The number of ether oxygens (including phenoxy) is 1. The number of hydrogen-bond donors (Lipinski definition) is 1. The summed E-state index contributed by atoms with van der Waals surface area (Å²) < 4.78 is 70.8. The van der Waals surface area contributed by atoms with E-state index in [9.17, 15) is 26.7 Å². The van der Waals surface area contributed by atoms with Crippen LogP contribution in [-0.2, 0) is 23.2 Å². The van der Waals surface area contributed by atoms with E-state index >= 15 is 0 Å². The van der Waals surface area contributed by atoms with E-state index in [1.54, 1.807) is 25.1 Å². The van der Waals surface area contributed by atoms with Gasteiger partial charge in [0.05, 0.1) is 24.5 Å². The number of nitrogens with one attached hydrogen (secondary N) is 1. The number of rotatable bonds is 6. The van der Waals surface area contributed by atoms with E-state index in [0.717, 1.165) is 11.6 Å². The van der Waals surface area contributed by atoms with Gasteiger partial charge >= 0.3 is 6.18 Å². The molecule has 0 saturated carbocycles. The number of amides is 1. The first kappa shape index (κ1) is 25.4. The zero-order valence-electron chi connectivity index (χ0n) is 20.2. The summed E-state index contributed by atoms with van der Waals surface area (Å²) in [5.74, 6) is -1.25. The molecule has 1 N–H and O–H groups in total. The maximum Gasteiger partial charge on any atom is 0.422 e. The number of anilines is 1. The molecule has 3 aromatic carbocycles. The number of fused-ring (bicyclic) bond motifs is 1. The lowest BCUT2D eigenvalue weighted by Crippen LogP contribution is -2.51. The molecule has 0 aliphatic carbocycles. The molecule has 0 spiro atoms. The Morgan fingerprint density at radius 1 is 1.03 bits per heavy atom. The molecule has 1 aliphatic heterocycles. The van der Waals surface area contributed by atoms with E-state index in [-0.39, 0.29) is 24.6 Å². The Labute approximate surface area is 214 Å². The second-order valence-corrected chi connectivity index (χ2v) is 9.42. The molecule has 0 radical (unpaired) electrons. The van der Waals surface area contributed by atoms with Crippen molar-refractivity contribution in [1.29, 1.82) is 0 Å². The second kappa shape index (κ2) is 9.59. The monoisotopic (exact) mass is 527 g/mol. The Hall–Kier alpha value is -4.21. The van der Waals surface area contributed by atoms with E-state index in [2.05, 4.69) is 9.97 Å². The van der Waals surface area contributed by atoms with Crippen LogP contribution in [0.25, 0.3) is 11.1 Å². The minimum absolute atomic E-state index is 0.0103. The van der Waals surface area contributed by atoms with Crippen molar-refractivity contribution in [3.63, 3.8) is 0 Å². The predicted octanol–water partition coefficient (Wildman–Crippen LogP) is 6.34. The molecule has 38 heavy (non-hydrogen) atoms. The van der Waals surface area contributed by atoms with E-state index < -0.39 is 29.8 Å². The number of imidazole rings is 1. The largest absolute Gasteiger partial charge is 0.484 e. The number of benzene rings is 3. The first-order chi connectivity index (χ1) is 18.0. The molecule has 0 fully saturated rings. The highest BCUT2D eigenvalue weighted by atomic mass is 19.4. The third-order valence-electron chi connectivity index (χ3n) is 6.57. The third-order valence-corrected chi connectivity index (χ3v) is 6.57. The van der Waals surface area contributed by atoms with Crippen molar-refractivity contribution < 1.29 is 31.5 Å². The van der Waals surface area contributed by atoms with Crippen LogP contribution in [0, 0.1) is 11.6 Å². The molecule has 10 heteroatoms. The molecule has 0 bridgehead atoms. The fourth-order valence-electron chi connectivity index (χ4n) is 4.88. The van der Waals surface area contributed by atoms with Gasteiger partial charge in [0.15, 0.2) is 6.61 Å². The number of aromatic nitrogens is 2. The van der Waals surface area contributed by atoms with Crippen molar-refractivity contribution in [3.05, 3.63) is 102 Å². The lowest BCUT2D eigenvalue weighted by Gasteiger charge is -2.41. The van der Waals surface area contributed by atoms with Crippen molar-refractivity contribution in [2.24, 2.45) is 0 Å². The van der Waals surface area contributed by atoms with Gasteiger partial charge in [-0.25, -0.2) is 13.8 Å². The topological polar surface area (TPSA) is 58.2 Å². The number of aromatic amines is 1. The van der Waals surface area contributed by atoms with Gasteiger partial charge in [-0.15, -0.1) is 0 Å². The molecular weight excluding hydrogens is 505 g/mol. The number of hydrogen-bond acceptors (Lipinski definition) is 3. The average molecular weight is 527 g/mol. The van der Waals surface area contributed by atoms with Gasteiger partial charge < -0.3 is 9.72 Å². The van der Waals surface area contributed by atoms with Crippen LogP contribution in [0.4, 0.5) is 27.8 Å². The Morgan fingerprint density at radius 3 is 2.45 bits per heavy atom. The van der Waals surface area contributed by atoms with Gasteiger partial charge in [-0.1, -0.05) is 24.3 Å². The fourth-order valence-corrected chi connectivity index (χ4v) is 4.88. The van der Waals surface area contributed by atoms with Crippen LogP contribution >= 0.6 is 0 Å². The van der Waals surface area contributed by atoms with Crippen LogP contribution in [0.3, 0.4) is 0 Å². The number of halogens is 5. The summed E-state index contributed by atoms with van der Waals surface area (Å²) in [4.78, 5) is 22.4. The van der Waals surface area contributed by atoms with Crippen molar-refractivity contribution in [2.75, 3.05) is 11.5 Å². The zero-order valence-corrected chi connectivity index (χ0v) is 20.2. The molecule has 1 aliphatic rings. The van der Waals surface area contributed by atoms with E-state index in [0.29, 0.717) is 28.1 Å². The van der Waals surface area contributed by atoms with E-state index in [1.165, 1.54) is 41.7 Å². The summed E-state index contributed by atoms with van der Waals surface area (Å²) in [6.07, 6.45) is -1.49. The minimum atomic E-state index is -4.47. The van der Waals surface area contributed by atoms with Crippen LogP contribution < -0.4 is 9.64 Å². The normalized spacial score (nSPS) is 17.4. The molecule has 1 atom stereocenters. The highest BCUT2D eigenvalue weighted by Crippen LogP contribution is 2.41. The van der Waals surface area contributed by atoms with Gasteiger partial charge in [0.25, 0.3) is 0 Å². The molecule has 2 heterocycles. The predicted molar refractivity (Wildman–Crippen MR) is 131 cm³/mol. The van der Waals surface area contributed by atoms with Crippen LogP contribution in [-0.4, -0.2) is 28.7 Å². The third kappa shape index (κ3) is 5.11. The highest BCUT2D eigenvalue weighted by Gasteiger charge is 2.45. The number of carbonyl (C=O) groups is 1. The fraction of sp³-hybridized carbons (Fsp3) is 0.214. The summed E-state index contributed by atoms with van der Waals surface area (Å²) in [6, 6.07) is 14.9. The summed E-state index contributed by atoms with van der Waals surface area (Å²) in [5, 5.41) is 0. The second-order valence-electron chi connectivity index (χ2n) is 9.42. The molecular formula is C28H22F5N3O2. The standard InChI is InChI=1S/C28H22F5N3O2/c1-27(12-17-7-21(29)11-22(30)8-17)24-10-19(18-3-2-4-23(9-18)38-15-28(31,32)33)5-6-20(24)14-36(26(27)37)25-13-34-16-35-25/h2-11,13,16H,12,14-15H2,1H3,(H,34,35).